The van der Waals surface area contributed by atoms with Crippen LogP contribution in [0, 0.1) is 18.6 Å². The van der Waals surface area contributed by atoms with Gasteiger partial charge in [-0.3, -0.25) is 14.6 Å². The van der Waals surface area contributed by atoms with Crippen LogP contribution >= 0.6 is 0 Å². The second-order valence-corrected chi connectivity index (χ2v) is 5.95. The predicted molar refractivity (Wildman–Crippen MR) is 94.7 cm³/mol. The van der Waals surface area contributed by atoms with Crippen LogP contribution in [0.3, 0.4) is 0 Å². The highest BCUT2D eigenvalue weighted by Crippen LogP contribution is 2.13. The number of aromatic nitrogens is 3. The van der Waals surface area contributed by atoms with Crippen molar-refractivity contribution in [3.8, 4) is 11.4 Å². The normalized spacial score (nSPS) is 10.6. The summed E-state index contributed by atoms with van der Waals surface area (Å²) in [5.74, 6) is -1.53. The van der Waals surface area contributed by atoms with E-state index in [9.17, 15) is 18.4 Å². The Kier molecular flexibility index (Phi) is 5.35. The Hall–Kier alpha value is -3.42. The molecule has 2 heterocycles. The molecular weight excluding hydrogens is 354 g/mol. The van der Waals surface area contributed by atoms with Crippen molar-refractivity contribution in [1.82, 2.24) is 20.3 Å². The van der Waals surface area contributed by atoms with E-state index in [4.69, 9.17) is 0 Å². The Bertz CT molecular complexity index is 1020. The van der Waals surface area contributed by atoms with Crippen molar-refractivity contribution in [2.24, 2.45) is 0 Å². The maximum absolute atomic E-state index is 13.2. The van der Waals surface area contributed by atoms with E-state index in [0.29, 0.717) is 17.1 Å². The molecule has 0 fully saturated rings. The van der Waals surface area contributed by atoms with Crippen LogP contribution in [0.25, 0.3) is 11.4 Å². The summed E-state index contributed by atoms with van der Waals surface area (Å²) in [6.45, 7) is 1.59. The molecular formula is C19H16F2N4O2. The first-order valence-corrected chi connectivity index (χ1v) is 8.14. The minimum atomic E-state index is -0.721. The quantitative estimate of drug-likeness (QED) is 0.721. The zero-order chi connectivity index (χ0) is 19.4. The van der Waals surface area contributed by atoms with Gasteiger partial charge in [0.05, 0.1) is 6.42 Å². The van der Waals surface area contributed by atoms with E-state index in [0.717, 1.165) is 18.2 Å². The number of aryl methyl sites for hydroxylation is 1. The van der Waals surface area contributed by atoms with Gasteiger partial charge in [-0.1, -0.05) is 0 Å². The number of benzene rings is 1. The predicted octanol–water partition coefficient (Wildman–Crippen LogP) is 2.28. The molecule has 2 N–H and O–H groups in total. The molecule has 0 unspecified atom stereocenters. The largest absolute Gasteiger partial charge is 0.352 e. The standard InChI is InChI=1S/C19H16F2N4O2/c1-11-16(19(27)25-18(24-11)13-3-2-4-22-10-13)8-17(26)23-9-12-5-14(20)7-15(21)6-12/h2-7,10H,8-9H2,1H3,(H,23,26)(H,24,25,27). The van der Waals surface area contributed by atoms with Gasteiger partial charge in [-0.2, -0.15) is 0 Å². The monoisotopic (exact) mass is 370 g/mol. The molecule has 1 amide bonds. The number of carbonyl (C=O) groups excluding carboxylic acids is 1. The van der Waals surface area contributed by atoms with Crippen LogP contribution < -0.4 is 10.9 Å². The fourth-order valence-electron chi connectivity index (χ4n) is 2.59. The maximum Gasteiger partial charge on any atom is 0.255 e. The molecule has 8 heteroatoms. The molecule has 27 heavy (non-hydrogen) atoms. The number of H-pyrrole nitrogens is 1. The Morgan fingerprint density at radius 3 is 2.59 bits per heavy atom. The van der Waals surface area contributed by atoms with Gasteiger partial charge in [0.25, 0.3) is 5.56 Å². The minimum Gasteiger partial charge on any atom is -0.352 e. The Morgan fingerprint density at radius 2 is 1.96 bits per heavy atom. The molecule has 0 saturated carbocycles. The fraction of sp³-hybridized carbons (Fsp3) is 0.158. The Labute approximate surface area is 153 Å². The molecule has 0 bridgehead atoms. The molecule has 0 aliphatic carbocycles. The summed E-state index contributed by atoms with van der Waals surface area (Å²) in [6.07, 6.45) is 2.99. The average molecular weight is 370 g/mol. The molecule has 0 aliphatic rings. The number of nitrogens with zero attached hydrogens (tertiary/aromatic N) is 2. The van der Waals surface area contributed by atoms with E-state index < -0.39 is 23.1 Å². The van der Waals surface area contributed by atoms with Crippen LogP contribution in [0.1, 0.15) is 16.8 Å². The second-order valence-electron chi connectivity index (χ2n) is 5.95. The summed E-state index contributed by atoms with van der Waals surface area (Å²) >= 11 is 0. The number of aromatic amines is 1. The number of hydrogen-bond acceptors (Lipinski definition) is 4. The first kappa shape index (κ1) is 18.4. The molecule has 1 aromatic carbocycles. The van der Waals surface area contributed by atoms with Crippen LogP contribution in [0.5, 0.6) is 0 Å². The highest BCUT2D eigenvalue weighted by atomic mass is 19.1. The van der Waals surface area contributed by atoms with E-state index in [1.54, 1.807) is 31.5 Å². The van der Waals surface area contributed by atoms with Crippen molar-refractivity contribution in [3.05, 3.63) is 81.5 Å². The van der Waals surface area contributed by atoms with Crippen molar-refractivity contribution >= 4 is 5.91 Å². The van der Waals surface area contributed by atoms with Crippen LogP contribution in [-0.2, 0) is 17.8 Å². The summed E-state index contributed by atoms with van der Waals surface area (Å²) in [7, 11) is 0. The first-order valence-electron chi connectivity index (χ1n) is 8.14. The summed E-state index contributed by atoms with van der Waals surface area (Å²) in [5, 5.41) is 2.54. The third-order valence-electron chi connectivity index (χ3n) is 3.91. The lowest BCUT2D eigenvalue weighted by Crippen LogP contribution is -2.29. The molecule has 138 valence electrons. The minimum absolute atomic E-state index is 0.0499. The number of amides is 1. The van der Waals surface area contributed by atoms with Gasteiger partial charge in [-0.25, -0.2) is 13.8 Å². The lowest BCUT2D eigenvalue weighted by molar-refractivity contribution is -0.120. The van der Waals surface area contributed by atoms with Crippen molar-refractivity contribution in [1.29, 1.82) is 0 Å². The number of pyridine rings is 1. The third kappa shape index (κ3) is 4.60. The molecule has 0 spiro atoms. The van der Waals surface area contributed by atoms with E-state index in [1.807, 2.05) is 0 Å². The maximum atomic E-state index is 13.2. The lowest BCUT2D eigenvalue weighted by Gasteiger charge is -2.09. The van der Waals surface area contributed by atoms with E-state index >= 15 is 0 Å². The molecule has 3 rings (SSSR count). The van der Waals surface area contributed by atoms with Crippen LogP contribution in [0.2, 0.25) is 0 Å². The molecule has 3 aromatic rings. The van der Waals surface area contributed by atoms with E-state index in [-0.39, 0.29) is 24.1 Å². The van der Waals surface area contributed by atoms with Crippen LogP contribution in [-0.4, -0.2) is 20.9 Å². The Morgan fingerprint density at radius 1 is 1.22 bits per heavy atom. The average Bonchev–Trinajstić information content (AvgIpc) is 2.63. The number of carbonyl (C=O) groups is 1. The number of halogens is 2. The molecule has 0 saturated heterocycles. The fourth-order valence-corrected chi connectivity index (χ4v) is 2.59. The molecule has 2 aromatic heterocycles. The summed E-state index contributed by atoms with van der Waals surface area (Å²) in [4.78, 5) is 35.4. The smallest absolute Gasteiger partial charge is 0.255 e. The Balaban J connectivity index is 1.71. The van der Waals surface area contributed by atoms with E-state index in [2.05, 4.69) is 20.3 Å². The summed E-state index contributed by atoms with van der Waals surface area (Å²) in [5.41, 5.74) is 1.17. The van der Waals surface area contributed by atoms with E-state index in [1.165, 1.54) is 0 Å². The van der Waals surface area contributed by atoms with Gasteiger partial charge >= 0.3 is 0 Å². The zero-order valence-electron chi connectivity index (χ0n) is 14.4. The highest BCUT2D eigenvalue weighted by molar-refractivity contribution is 5.78. The number of rotatable bonds is 5. The van der Waals surface area contributed by atoms with Crippen LogP contribution in [0.15, 0.2) is 47.5 Å². The molecule has 0 radical (unpaired) electrons. The zero-order valence-corrected chi connectivity index (χ0v) is 14.4. The van der Waals surface area contributed by atoms with Gasteiger partial charge in [0, 0.05) is 41.8 Å². The topological polar surface area (TPSA) is 87.7 Å². The third-order valence-corrected chi connectivity index (χ3v) is 3.91. The van der Waals surface area contributed by atoms with Gasteiger partial charge in [0.1, 0.15) is 17.5 Å². The molecule has 6 nitrogen and oxygen atoms in total. The number of hydrogen-bond donors (Lipinski definition) is 2. The first-order chi connectivity index (χ1) is 12.9. The van der Waals surface area contributed by atoms with Crippen molar-refractivity contribution in [3.63, 3.8) is 0 Å². The van der Waals surface area contributed by atoms with Crippen LogP contribution in [0.4, 0.5) is 8.78 Å². The van der Waals surface area contributed by atoms with Gasteiger partial charge in [-0.05, 0) is 36.8 Å². The van der Waals surface area contributed by atoms with Gasteiger partial charge in [-0.15, -0.1) is 0 Å². The van der Waals surface area contributed by atoms with Crippen molar-refractivity contribution in [2.75, 3.05) is 0 Å². The molecule has 0 atom stereocenters. The summed E-state index contributed by atoms with van der Waals surface area (Å²) < 4.78 is 26.3. The number of nitrogens with one attached hydrogen (secondary N) is 2. The van der Waals surface area contributed by atoms with Gasteiger partial charge in [0.15, 0.2) is 0 Å². The summed E-state index contributed by atoms with van der Waals surface area (Å²) in [6, 6.07) is 6.50. The van der Waals surface area contributed by atoms with Gasteiger partial charge in [0.2, 0.25) is 5.91 Å². The van der Waals surface area contributed by atoms with Gasteiger partial charge < -0.3 is 10.3 Å². The lowest BCUT2D eigenvalue weighted by atomic mass is 10.1. The highest BCUT2D eigenvalue weighted by Gasteiger charge is 2.14. The van der Waals surface area contributed by atoms with Crippen molar-refractivity contribution in [2.45, 2.75) is 19.9 Å². The second kappa shape index (κ2) is 7.86. The SMILES string of the molecule is Cc1nc(-c2cccnc2)[nH]c(=O)c1CC(=O)NCc1cc(F)cc(F)c1. The van der Waals surface area contributed by atoms with Crippen molar-refractivity contribution < 1.29 is 13.6 Å². The molecule has 0 aliphatic heterocycles.